The first-order valence-corrected chi connectivity index (χ1v) is 7.53. The number of likely N-dealkylation sites (tertiary alicyclic amines) is 1. The van der Waals surface area contributed by atoms with Gasteiger partial charge >= 0.3 is 0 Å². The van der Waals surface area contributed by atoms with E-state index in [2.05, 4.69) is 44.8 Å². The molecule has 2 aliphatic heterocycles. The minimum Gasteiger partial charge on any atom is -0.396 e. The lowest BCUT2D eigenvalue weighted by Gasteiger charge is -2.62. The molecule has 0 radical (unpaired) electrons. The largest absolute Gasteiger partial charge is 0.396 e. The zero-order chi connectivity index (χ0) is 15.0. The number of ether oxygens (including phenoxy) is 1. The van der Waals surface area contributed by atoms with Gasteiger partial charge in [0, 0.05) is 24.0 Å². The molecule has 0 aromatic rings. The van der Waals surface area contributed by atoms with Crippen molar-refractivity contribution in [1.82, 2.24) is 10.2 Å². The fraction of sp³-hybridized carbons (Fsp3) is 0.933. The van der Waals surface area contributed by atoms with Gasteiger partial charge in [-0.05, 0) is 20.8 Å². The maximum atomic E-state index is 9.49. The quantitative estimate of drug-likeness (QED) is 0.599. The van der Waals surface area contributed by atoms with Crippen LogP contribution in [0, 0.1) is 10.8 Å². The van der Waals surface area contributed by atoms with Crippen LogP contribution in [-0.2, 0) is 4.74 Å². The summed E-state index contributed by atoms with van der Waals surface area (Å²) in [6.07, 6.45) is 0. The van der Waals surface area contributed by atoms with E-state index in [-0.39, 0.29) is 23.0 Å². The van der Waals surface area contributed by atoms with Gasteiger partial charge in [-0.25, -0.2) is 0 Å². The first-order valence-electron chi connectivity index (χ1n) is 7.53. The molecule has 5 nitrogen and oxygen atoms in total. The number of rotatable bonds is 4. The zero-order valence-electron chi connectivity index (χ0n) is 13.5. The molecule has 20 heavy (non-hydrogen) atoms. The number of aliphatic hydroxyl groups is 1. The molecule has 0 aromatic heterocycles. The summed E-state index contributed by atoms with van der Waals surface area (Å²) in [5, 5.41) is 12.9. The highest BCUT2D eigenvalue weighted by atomic mass is 16.5. The Morgan fingerprint density at radius 1 is 1.30 bits per heavy atom. The zero-order valence-corrected chi connectivity index (χ0v) is 13.5. The third-order valence-corrected chi connectivity index (χ3v) is 5.19. The van der Waals surface area contributed by atoms with E-state index in [9.17, 15) is 5.11 Å². The van der Waals surface area contributed by atoms with Gasteiger partial charge in [0.2, 0.25) is 0 Å². The molecule has 2 heterocycles. The normalized spacial score (nSPS) is 26.7. The van der Waals surface area contributed by atoms with Crippen LogP contribution in [0.5, 0.6) is 0 Å². The van der Waals surface area contributed by atoms with E-state index >= 15 is 0 Å². The first kappa shape index (κ1) is 15.6. The summed E-state index contributed by atoms with van der Waals surface area (Å²) in [6, 6.07) is 0. The highest BCUT2D eigenvalue weighted by molar-refractivity contribution is 5.82. The van der Waals surface area contributed by atoms with Gasteiger partial charge in [-0.15, -0.1) is 0 Å². The molecule has 116 valence electrons. The molecule has 2 saturated heterocycles. The number of aliphatic imine (C=N–C) groups is 1. The van der Waals surface area contributed by atoms with Crippen molar-refractivity contribution in [2.75, 3.05) is 39.5 Å². The maximum absolute atomic E-state index is 9.49. The smallest absolute Gasteiger partial charge is 0.194 e. The topological polar surface area (TPSA) is 57.1 Å². The van der Waals surface area contributed by atoms with Crippen molar-refractivity contribution in [2.45, 2.75) is 40.2 Å². The third-order valence-electron chi connectivity index (χ3n) is 5.19. The second-order valence-corrected chi connectivity index (χ2v) is 7.35. The van der Waals surface area contributed by atoms with E-state index in [1.807, 2.05) is 0 Å². The van der Waals surface area contributed by atoms with E-state index < -0.39 is 0 Å². The fourth-order valence-electron chi connectivity index (χ4n) is 2.66. The van der Waals surface area contributed by atoms with Crippen molar-refractivity contribution in [3.63, 3.8) is 0 Å². The van der Waals surface area contributed by atoms with Gasteiger partial charge < -0.3 is 20.1 Å². The molecular weight excluding hydrogens is 254 g/mol. The Labute approximate surface area is 122 Å². The van der Waals surface area contributed by atoms with Crippen LogP contribution in [0.15, 0.2) is 4.99 Å². The van der Waals surface area contributed by atoms with Gasteiger partial charge in [-0.1, -0.05) is 13.8 Å². The predicted octanol–water partition coefficient (Wildman–Crippen LogP) is 1.08. The van der Waals surface area contributed by atoms with Crippen molar-refractivity contribution in [3.8, 4) is 0 Å². The van der Waals surface area contributed by atoms with Crippen LogP contribution in [0.4, 0.5) is 0 Å². The standard InChI is InChI=1S/C15H29N3O2/c1-6-16-12(17-7-15(9-19)10-20-11-15)18-8-13(2,3)14(18,4)5/h19H,6-11H2,1-5H3,(H,16,17). The lowest BCUT2D eigenvalue weighted by atomic mass is 9.65. The lowest BCUT2D eigenvalue weighted by molar-refractivity contribution is -0.130. The summed E-state index contributed by atoms with van der Waals surface area (Å²) < 4.78 is 5.23. The Balaban J connectivity index is 2.08. The molecule has 5 heteroatoms. The first-order chi connectivity index (χ1) is 9.28. The van der Waals surface area contributed by atoms with Crippen LogP contribution in [0.25, 0.3) is 0 Å². The lowest BCUT2D eigenvalue weighted by Crippen LogP contribution is -2.72. The number of guanidine groups is 1. The molecule has 2 N–H and O–H groups in total. The molecule has 2 rings (SSSR count). The predicted molar refractivity (Wildman–Crippen MR) is 80.9 cm³/mol. The summed E-state index contributed by atoms with van der Waals surface area (Å²) >= 11 is 0. The average molecular weight is 283 g/mol. The van der Waals surface area contributed by atoms with Crippen molar-refractivity contribution in [3.05, 3.63) is 0 Å². The van der Waals surface area contributed by atoms with E-state index in [0.29, 0.717) is 19.8 Å². The van der Waals surface area contributed by atoms with Crippen molar-refractivity contribution >= 4 is 5.96 Å². The van der Waals surface area contributed by atoms with Gasteiger partial charge in [0.05, 0.1) is 31.8 Å². The second kappa shape index (κ2) is 5.19. The fourth-order valence-corrected chi connectivity index (χ4v) is 2.66. The highest BCUT2D eigenvalue weighted by Crippen LogP contribution is 2.46. The maximum Gasteiger partial charge on any atom is 0.194 e. The molecule has 0 aliphatic carbocycles. The summed E-state index contributed by atoms with van der Waals surface area (Å²) in [6.45, 7) is 15.1. The van der Waals surface area contributed by atoms with Crippen molar-refractivity contribution in [2.24, 2.45) is 15.8 Å². The molecule has 0 spiro atoms. The van der Waals surface area contributed by atoms with Crippen LogP contribution >= 0.6 is 0 Å². The Morgan fingerprint density at radius 2 is 1.95 bits per heavy atom. The van der Waals surface area contributed by atoms with Gasteiger partial charge in [-0.3, -0.25) is 4.99 Å². The Kier molecular flexibility index (Phi) is 4.04. The van der Waals surface area contributed by atoms with Crippen LogP contribution < -0.4 is 5.32 Å². The van der Waals surface area contributed by atoms with Crippen LogP contribution in [0.2, 0.25) is 0 Å². The van der Waals surface area contributed by atoms with E-state index in [0.717, 1.165) is 19.0 Å². The number of aliphatic hydroxyl groups excluding tert-OH is 1. The third kappa shape index (κ3) is 2.42. The summed E-state index contributed by atoms with van der Waals surface area (Å²) in [4.78, 5) is 7.09. The molecule has 0 amide bonds. The number of hydrogen-bond donors (Lipinski definition) is 2. The molecule has 2 aliphatic rings. The molecule has 0 unspecified atom stereocenters. The summed E-state index contributed by atoms with van der Waals surface area (Å²) in [7, 11) is 0. The van der Waals surface area contributed by atoms with Crippen LogP contribution in [0.1, 0.15) is 34.6 Å². The Hall–Kier alpha value is -0.810. The van der Waals surface area contributed by atoms with Gasteiger partial charge in [0.1, 0.15) is 0 Å². The van der Waals surface area contributed by atoms with Crippen LogP contribution in [0.3, 0.4) is 0 Å². The van der Waals surface area contributed by atoms with E-state index in [4.69, 9.17) is 9.73 Å². The highest BCUT2D eigenvalue weighted by Gasteiger charge is 2.53. The minimum absolute atomic E-state index is 0.0937. The van der Waals surface area contributed by atoms with Crippen molar-refractivity contribution < 1.29 is 9.84 Å². The molecule has 0 saturated carbocycles. The van der Waals surface area contributed by atoms with Crippen molar-refractivity contribution in [1.29, 1.82) is 0 Å². The molecule has 2 fully saturated rings. The SMILES string of the molecule is CCNC(=NCC1(CO)COC1)N1CC(C)(C)C1(C)C. The van der Waals surface area contributed by atoms with Gasteiger partial charge in [0.15, 0.2) is 5.96 Å². The second-order valence-electron chi connectivity index (χ2n) is 7.35. The van der Waals surface area contributed by atoms with Crippen LogP contribution in [-0.4, -0.2) is 61.0 Å². The Morgan fingerprint density at radius 3 is 2.30 bits per heavy atom. The minimum atomic E-state index is -0.162. The number of nitrogens with zero attached hydrogens (tertiary/aromatic N) is 2. The summed E-state index contributed by atoms with van der Waals surface area (Å²) in [5.74, 6) is 0.955. The van der Waals surface area contributed by atoms with E-state index in [1.54, 1.807) is 0 Å². The summed E-state index contributed by atoms with van der Waals surface area (Å²) in [5.41, 5.74) is 0.221. The number of hydrogen-bond acceptors (Lipinski definition) is 3. The monoisotopic (exact) mass is 283 g/mol. The molecule has 0 atom stereocenters. The molecule has 0 aromatic carbocycles. The number of nitrogens with one attached hydrogen (secondary N) is 1. The molecular formula is C15H29N3O2. The van der Waals surface area contributed by atoms with E-state index in [1.165, 1.54) is 0 Å². The Bertz CT molecular complexity index is 381. The van der Waals surface area contributed by atoms with Gasteiger partial charge in [0.25, 0.3) is 0 Å². The average Bonchev–Trinajstić information content (AvgIpc) is 2.34. The molecule has 0 bridgehead atoms. The van der Waals surface area contributed by atoms with Gasteiger partial charge in [-0.2, -0.15) is 0 Å².